The third kappa shape index (κ3) is 4.06. The van der Waals surface area contributed by atoms with Crippen LogP contribution < -0.4 is 9.64 Å². The van der Waals surface area contributed by atoms with Crippen LogP contribution in [-0.4, -0.2) is 48.6 Å². The number of anilines is 1. The molecule has 0 aromatic heterocycles. The number of rotatable bonds is 8. The summed E-state index contributed by atoms with van der Waals surface area (Å²) in [6.45, 7) is 4.48. The second-order valence-electron chi connectivity index (χ2n) is 7.07. The molecule has 2 aromatic rings. The van der Waals surface area contributed by atoms with Gasteiger partial charge in [-0.3, -0.25) is 9.59 Å². The fraction of sp³-hybridized carbons (Fsp3) is 0.304. The largest absolute Gasteiger partial charge is 0.494 e. The highest BCUT2D eigenvalue weighted by Crippen LogP contribution is 2.37. The van der Waals surface area contributed by atoms with Crippen LogP contribution in [0.4, 0.5) is 5.69 Å². The van der Waals surface area contributed by atoms with Crippen molar-refractivity contribution in [3.8, 4) is 5.75 Å². The molecule has 2 amide bonds. The van der Waals surface area contributed by atoms with Gasteiger partial charge in [-0.05, 0) is 48.7 Å². The lowest BCUT2D eigenvalue weighted by Crippen LogP contribution is -2.35. The van der Waals surface area contributed by atoms with Crippen molar-refractivity contribution in [2.45, 2.75) is 20.3 Å². The van der Waals surface area contributed by atoms with E-state index in [0.29, 0.717) is 34.2 Å². The van der Waals surface area contributed by atoms with E-state index in [-0.39, 0.29) is 24.4 Å². The highest BCUT2D eigenvalue weighted by molar-refractivity contribution is 6.45. The lowest BCUT2D eigenvalue weighted by molar-refractivity contribution is -0.120. The molecule has 0 unspecified atom stereocenters. The number of hydrogen-bond donors (Lipinski definition) is 1. The summed E-state index contributed by atoms with van der Waals surface area (Å²) in [5.41, 5.74) is 2.24. The number of aliphatic hydroxyl groups excluding tert-OH is 1. The maximum atomic E-state index is 13.4. The minimum Gasteiger partial charge on any atom is -0.494 e. The molecule has 1 N–H and O–H groups in total. The minimum absolute atomic E-state index is 0.144. The molecule has 3 rings (SSSR count). The summed E-state index contributed by atoms with van der Waals surface area (Å²) in [6.07, 6.45) is 0.893. The van der Waals surface area contributed by atoms with E-state index >= 15 is 0 Å². The number of benzene rings is 2. The van der Waals surface area contributed by atoms with Crippen LogP contribution in [0.5, 0.6) is 5.75 Å². The molecule has 0 radical (unpaired) electrons. The highest BCUT2D eigenvalue weighted by atomic mass is 35.5. The van der Waals surface area contributed by atoms with Gasteiger partial charge in [0, 0.05) is 18.6 Å². The van der Waals surface area contributed by atoms with Gasteiger partial charge in [-0.25, -0.2) is 4.90 Å². The summed E-state index contributed by atoms with van der Waals surface area (Å²) in [4.78, 5) is 29.5. The number of likely N-dealkylation sites (N-methyl/N-ethyl adjacent to an activating group) is 1. The Kier molecular flexibility index (Phi) is 6.80. The van der Waals surface area contributed by atoms with Crippen molar-refractivity contribution in [3.63, 3.8) is 0 Å². The van der Waals surface area contributed by atoms with Gasteiger partial charge in [-0.15, -0.1) is 0 Å². The number of imide groups is 1. The molecular formula is C23H25ClN2O4. The number of amides is 2. The third-order valence-corrected chi connectivity index (χ3v) is 5.38. The fourth-order valence-electron chi connectivity index (χ4n) is 3.39. The van der Waals surface area contributed by atoms with Crippen molar-refractivity contribution in [1.82, 2.24) is 4.90 Å². The Balaban J connectivity index is 2.07. The van der Waals surface area contributed by atoms with Crippen molar-refractivity contribution in [2.24, 2.45) is 0 Å². The molecule has 7 heteroatoms. The van der Waals surface area contributed by atoms with Gasteiger partial charge in [-0.2, -0.15) is 0 Å². The van der Waals surface area contributed by atoms with Gasteiger partial charge in [0.05, 0.1) is 24.5 Å². The van der Waals surface area contributed by atoms with Gasteiger partial charge in [0.1, 0.15) is 11.4 Å². The summed E-state index contributed by atoms with van der Waals surface area (Å²) < 4.78 is 5.62. The molecule has 2 aromatic carbocycles. The van der Waals surface area contributed by atoms with E-state index in [1.54, 1.807) is 61.3 Å². The van der Waals surface area contributed by atoms with Gasteiger partial charge in [0.15, 0.2) is 0 Å². The molecule has 0 spiro atoms. The molecule has 0 aliphatic carbocycles. The average Bonchev–Trinajstić information content (AvgIpc) is 2.99. The SMILES string of the molecule is CCCOc1ccc(C2=C(N(C)CCO)C(=O)N(c3cccc(Cl)c3C)C2=O)cc1. The number of ether oxygens (including phenoxy) is 1. The van der Waals surface area contributed by atoms with Gasteiger partial charge in [0.25, 0.3) is 11.8 Å². The molecule has 158 valence electrons. The Morgan fingerprint density at radius 3 is 2.43 bits per heavy atom. The van der Waals surface area contributed by atoms with Gasteiger partial charge >= 0.3 is 0 Å². The zero-order valence-corrected chi connectivity index (χ0v) is 18.1. The highest BCUT2D eigenvalue weighted by Gasteiger charge is 2.42. The summed E-state index contributed by atoms with van der Waals surface area (Å²) >= 11 is 6.23. The zero-order valence-electron chi connectivity index (χ0n) is 17.3. The molecule has 6 nitrogen and oxygen atoms in total. The van der Waals surface area contributed by atoms with Crippen LogP contribution in [0.3, 0.4) is 0 Å². The van der Waals surface area contributed by atoms with E-state index in [1.807, 2.05) is 6.92 Å². The second kappa shape index (κ2) is 9.32. The smallest absolute Gasteiger partial charge is 0.282 e. The van der Waals surface area contributed by atoms with Crippen molar-refractivity contribution in [3.05, 3.63) is 64.3 Å². The average molecular weight is 429 g/mol. The van der Waals surface area contributed by atoms with Crippen LogP contribution in [0.2, 0.25) is 5.02 Å². The van der Waals surface area contributed by atoms with Gasteiger partial charge in [-0.1, -0.05) is 36.7 Å². The molecule has 1 aliphatic heterocycles. The molecule has 1 heterocycles. The lowest BCUT2D eigenvalue weighted by atomic mass is 10.0. The second-order valence-corrected chi connectivity index (χ2v) is 7.48. The Bertz CT molecular complexity index is 985. The van der Waals surface area contributed by atoms with Crippen LogP contribution in [0.25, 0.3) is 5.57 Å². The van der Waals surface area contributed by atoms with Crippen molar-refractivity contribution >= 4 is 34.7 Å². The Morgan fingerprint density at radius 1 is 1.10 bits per heavy atom. The summed E-state index contributed by atoms with van der Waals surface area (Å²) in [5, 5.41) is 9.86. The number of carbonyl (C=O) groups is 2. The predicted octanol–water partition coefficient (Wildman–Crippen LogP) is 3.65. The zero-order chi connectivity index (χ0) is 21.8. The monoisotopic (exact) mass is 428 g/mol. The van der Waals surface area contributed by atoms with E-state index in [9.17, 15) is 14.7 Å². The maximum absolute atomic E-state index is 13.4. The van der Waals surface area contributed by atoms with Gasteiger partial charge in [0.2, 0.25) is 0 Å². The van der Waals surface area contributed by atoms with Crippen LogP contribution in [0, 0.1) is 6.92 Å². The third-order valence-electron chi connectivity index (χ3n) is 4.97. The molecule has 0 saturated heterocycles. The number of nitrogens with zero attached hydrogens (tertiary/aromatic N) is 2. The first-order valence-electron chi connectivity index (χ1n) is 9.84. The molecule has 0 bridgehead atoms. The number of hydrogen-bond acceptors (Lipinski definition) is 5. The summed E-state index contributed by atoms with van der Waals surface area (Å²) in [6, 6.07) is 12.2. The van der Waals surface area contributed by atoms with E-state index in [0.717, 1.165) is 11.3 Å². The normalized spacial score (nSPS) is 14.0. The molecule has 0 saturated carbocycles. The van der Waals surface area contributed by atoms with E-state index < -0.39 is 11.8 Å². The number of carbonyl (C=O) groups excluding carboxylic acids is 2. The first-order chi connectivity index (χ1) is 14.4. The van der Waals surface area contributed by atoms with Crippen molar-refractivity contribution in [2.75, 3.05) is 31.7 Å². The van der Waals surface area contributed by atoms with Gasteiger partial charge < -0.3 is 14.7 Å². The molecule has 0 fully saturated rings. The topological polar surface area (TPSA) is 70.1 Å². The number of halogens is 1. The van der Waals surface area contributed by atoms with E-state index in [1.165, 1.54) is 0 Å². The standard InChI is InChI=1S/C23H25ClN2O4/c1-4-14-30-17-10-8-16(9-11-17)20-21(25(3)12-13-27)23(29)26(22(20)28)19-7-5-6-18(24)15(19)2/h5-11,27H,4,12-14H2,1-3H3. The first kappa shape index (κ1) is 21.9. The predicted molar refractivity (Wildman–Crippen MR) is 118 cm³/mol. The molecular weight excluding hydrogens is 404 g/mol. The van der Waals surface area contributed by atoms with Crippen LogP contribution >= 0.6 is 11.6 Å². The van der Waals surface area contributed by atoms with E-state index in [2.05, 4.69) is 0 Å². The Hall–Kier alpha value is -2.83. The van der Waals surface area contributed by atoms with Crippen LogP contribution in [-0.2, 0) is 9.59 Å². The van der Waals surface area contributed by atoms with Crippen LogP contribution in [0.15, 0.2) is 48.2 Å². The number of aliphatic hydroxyl groups is 1. The van der Waals surface area contributed by atoms with Crippen LogP contribution in [0.1, 0.15) is 24.5 Å². The summed E-state index contributed by atoms with van der Waals surface area (Å²) in [7, 11) is 1.68. The Morgan fingerprint density at radius 2 is 1.80 bits per heavy atom. The molecule has 1 aliphatic rings. The van der Waals surface area contributed by atoms with Crippen molar-refractivity contribution in [1.29, 1.82) is 0 Å². The molecule has 30 heavy (non-hydrogen) atoms. The quantitative estimate of drug-likeness (QED) is 0.650. The van der Waals surface area contributed by atoms with E-state index in [4.69, 9.17) is 16.3 Å². The first-order valence-corrected chi connectivity index (χ1v) is 10.2. The minimum atomic E-state index is -0.442. The fourth-order valence-corrected chi connectivity index (χ4v) is 3.56. The Labute approximate surface area is 181 Å². The lowest BCUT2D eigenvalue weighted by Gasteiger charge is -2.21. The summed E-state index contributed by atoms with van der Waals surface area (Å²) in [5.74, 6) is -0.166. The molecule has 0 atom stereocenters. The van der Waals surface area contributed by atoms with Crippen molar-refractivity contribution < 1.29 is 19.4 Å². The maximum Gasteiger partial charge on any atom is 0.282 e.